The second kappa shape index (κ2) is 7.65. The second-order valence-electron chi connectivity index (χ2n) is 6.07. The van der Waals surface area contributed by atoms with Crippen LogP contribution in [0, 0.1) is 13.8 Å². The van der Waals surface area contributed by atoms with E-state index in [1.165, 1.54) is 0 Å². The first-order valence-corrected chi connectivity index (χ1v) is 8.32. The Hall–Kier alpha value is -3.74. The molecular formula is C20H21N5O2. The lowest BCUT2D eigenvalue weighted by atomic mass is 10.2. The number of benzene rings is 2. The number of phenols is 1. The quantitative estimate of drug-likeness (QED) is 0.370. The SMILES string of the molecule is Cc1cc(N)ccc1O.Cc1cc(N)ccc1Oc1ccc2nccn2n1. The van der Waals surface area contributed by atoms with Crippen LogP contribution in [0.3, 0.4) is 0 Å². The number of hydrogen-bond donors (Lipinski definition) is 3. The van der Waals surface area contributed by atoms with E-state index in [0.717, 1.165) is 28.2 Å². The molecule has 0 spiro atoms. The summed E-state index contributed by atoms with van der Waals surface area (Å²) in [6.07, 6.45) is 3.47. The van der Waals surface area contributed by atoms with Gasteiger partial charge in [-0.1, -0.05) is 0 Å². The summed E-state index contributed by atoms with van der Waals surface area (Å²) in [5.74, 6) is 1.56. The number of nitrogen functional groups attached to an aromatic ring is 2. The third-order valence-electron chi connectivity index (χ3n) is 3.87. The molecule has 0 saturated carbocycles. The van der Waals surface area contributed by atoms with Gasteiger partial charge in [-0.05, 0) is 67.4 Å². The fourth-order valence-corrected chi connectivity index (χ4v) is 2.43. The Morgan fingerprint density at radius 3 is 2.30 bits per heavy atom. The summed E-state index contributed by atoms with van der Waals surface area (Å²) < 4.78 is 7.39. The van der Waals surface area contributed by atoms with Gasteiger partial charge in [-0.15, -0.1) is 5.10 Å². The van der Waals surface area contributed by atoms with Gasteiger partial charge in [0, 0.05) is 29.8 Å². The van der Waals surface area contributed by atoms with Crippen molar-refractivity contribution in [3.05, 3.63) is 72.1 Å². The molecule has 0 fully saturated rings. The molecule has 0 saturated heterocycles. The van der Waals surface area contributed by atoms with Gasteiger partial charge >= 0.3 is 0 Å². The predicted molar refractivity (Wildman–Crippen MR) is 106 cm³/mol. The van der Waals surface area contributed by atoms with E-state index in [9.17, 15) is 0 Å². The van der Waals surface area contributed by atoms with Crippen LogP contribution in [0.15, 0.2) is 60.9 Å². The van der Waals surface area contributed by atoms with Crippen LogP contribution in [0.5, 0.6) is 17.4 Å². The number of anilines is 2. The van der Waals surface area contributed by atoms with Gasteiger partial charge in [-0.2, -0.15) is 0 Å². The molecule has 4 aromatic rings. The van der Waals surface area contributed by atoms with Gasteiger partial charge in [0.2, 0.25) is 5.88 Å². The maximum atomic E-state index is 8.99. The zero-order chi connectivity index (χ0) is 19.4. The maximum Gasteiger partial charge on any atom is 0.237 e. The van der Waals surface area contributed by atoms with Crippen LogP contribution in [0.2, 0.25) is 0 Å². The van der Waals surface area contributed by atoms with E-state index in [2.05, 4.69) is 10.1 Å². The molecule has 7 heteroatoms. The van der Waals surface area contributed by atoms with Crippen molar-refractivity contribution in [3.63, 3.8) is 0 Å². The van der Waals surface area contributed by atoms with Gasteiger partial charge in [0.15, 0.2) is 5.65 Å². The number of phenolic OH excluding ortho intramolecular Hbond substituents is 1. The molecule has 2 heterocycles. The van der Waals surface area contributed by atoms with Gasteiger partial charge in [0.05, 0.1) is 0 Å². The van der Waals surface area contributed by atoms with Crippen LogP contribution in [-0.4, -0.2) is 19.7 Å². The molecule has 7 nitrogen and oxygen atoms in total. The van der Waals surface area contributed by atoms with Crippen LogP contribution in [0.4, 0.5) is 11.4 Å². The average Bonchev–Trinajstić information content (AvgIpc) is 3.09. The minimum absolute atomic E-state index is 0.296. The number of ether oxygens (including phenoxy) is 1. The lowest BCUT2D eigenvalue weighted by Gasteiger charge is -2.08. The normalized spacial score (nSPS) is 10.3. The van der Waals surface area contributed by atoms with Crippen LogP contribution in [0.1, 0.15) is 11.1 Å². The Balaban J connectivity index is 0.000000197. The highest BCUT2D eigenvalue weighted by Gasteiger charge is 2.04. The fraction of sp³-hybridized carbons (Fsp3) is 0.100. The van der Waals surface area contributed by atoms with E-state index >= 15 is 0 Å². The molecule has 0 unspecified atom stereocenters. The number of nitrogens with two attached hydrogens (primary N) is 2. The molecule has 0 aliphatic rings. The zero-order valence-corrected chi connectivity index (χ0v) is 15.1. The molecule has 2 aromatic heterocycles. The Morgan fingerprint density at radius 1 is 0.926 bits per heavy atom. The van der Waals surface area contributed by atoms with Crippen molar-refractivity contribution in [3.8, 4) is 17.4 Å². The monoisotopic (exact) mass is 363 g/mol. The molecular weight excluding hydrogens is 342 g/mol. The highest BCUT2D eigenvalue weighted by molar-refractivity contribution is 5.48. The molecule has 0 aliphatic heterocycles. The van der Waals surface area contributed by atoms with E-state index in [-0.39, 0.29) is 0 Å². The van der Waals surface area contributed by atoms with Crippen molar-refractivity contribution >= 4 is 17.0 Å². The molecule has 0 aliphatic carbocycles. The zero-order valence-electron chi connectivity index (χ0n) is 15.1. The van der Waals surface area contributed by atoms with E-state index < -0.39 is 0 Å². The topological polar surface area (TPSA) is 112 Å². The summed E-state index contributed by atoms with van der Waals surface area (Å²) in [6.45, 7) is 3.76. The first-order chi connectivity index (χ1) is 12.9. The van der Waals surface area contributed by atoms with Gasteiger partial charge in [0.25, 0.3) is 0 Å². The fourth-order valence-electron chi connectivity index (χ4n) is 2.43. The van der Waals surface area contributed by atoms with Crippen molar-refractivity contribution < 1.29 is 9.84 Å². The number of fused-ring (bicyclic) bond motifs is 1. The summed E-state index contributed by atoms with van der Waals surface area (Å²) in [4.78, 5) is 4.12. The minimum Gasteiger partial charge on any atom is -0.508 e. The van der Waals surface area contributed by atoms with E-state index in [0.29, 0.717) is 17.3 Å². The van der Waals surface area contributed by atoms with E-state index in [4.69, 9.17) is 21.3 Å². The van der Waals surface area contributed by atoms with Gasteiger partial charge in [0.1, 0.15) is 11.5 Å². The van der Waals surface area contributed by atoms with Gasteiger partial charge < -0.3 is 21.3 Å². The van der Waals surface area contributed by atoms with Gasteiger partial charge in [-0.25, -0.2) is 9.50 Å². The number of aromatic nitrogens is 3. The highest BCUT2D eigenvalue weighted by Crippen LogP contribution is 2.25. The summed E-state index contributed by atoms with van der Waals surface area (Å²) >= 11 is 0. The molecule has 0 bridgehead atoms. The molecule has 138 valence electrons. The van der Waals surface area contributed by atoms with Crippen molar-refractivity contribution in [2.45, 2.75) is 13.8 Å². The highest BCUT2D eigenvalue weighted by atomic mass is 16.5. The first-order valence-electron chi connectivity index (χ1n) is 8.32. The Kier molecular flexibility index (Phi) is 5.12. The number of nitrogens with zero attached hydrogens (tertiary/aromatic N) is 3. The molecule has 4 rings (SSSR count). The Labute approximate surface area is 156 Å². The number of hydrogen-bond acceptors (Lipinski definition) is 6. The van der Waals surface area contributed by atoms with E-state index in [1.807, 2.05) is 32.0 Å². The molecule has 0 atom stereocenters. The summed E-state index contributed by atoms with van der Waals surface area (Å²) in [6, 6.07) is 14.1. The minimum atomic E-state index is 0.296. The molecule has 5 N–H and O–H groups in total. The third-order valence-corrected chi connectivity index (χ3v) is 3.87. The van der Waals surface area contributed by atoms with Crippen LogP contribution in [-0.2, 0) is 0 Å². The second-order valence-corrected chi connectivity index (χ2v) is 6.07. The van der Waals surface area contributed by atoms with Gasteiger partial charge in [-0.3, -0.25) is 0 Å². The number of imidazole rings is 1. The summed E-state index contributed by atoms with van der Waals surface area (Å²) in [5.41, 5.74) is 15.1. The van der Waals surface area contributed by atoms with E-state index in [1.54, 1.807) is 47.2 Å². The largest absolute Gasteiger partial charge is 0.508 e. The Morgan fingerprint density at radius 2 is 1.63 bits per heavy atom. The van der Waals surface area contributed by atoms with Crippen LogP contribution < -0.4 is 16.2 Å². The maximum absolute atomic E-state index is 8.99. The smallest absolute Gasteiger partial charge is 0.237 e. The summed E-state index contributed by atoms with van der Waals surface area (Å²) in [5, 5.41) is 13.3. The van der Waals surface area contributed by atoms with Crippen molar-refractivity contribution in [2.75, 3.05) is 11.5 Å². The third kappa shape index (κ3) is 4.46. The number of aromatic hydroxyl groups is 1. The lowest BCUT2D eigenvalue weighted by Crippen LogP contribution is -1.96. The Bertz CT molecular complexity index is 1080. The van der Waals surface area contributed by atoms with Crippen LogP contribution in [0.25, 0.3) is 5.65 Å². The lowest BCUT2D eigenvalue weighted by molar-refractivity contribution is 0.449. The van der Waals surface area contributed by atoms with Crippen molar-refractivity contribution in [1.29, 1.82) is 0 Å². The first kappa shape index (κ1) is 18.1. The van der Waals surface area contributed by atoms with Crippen molar-refractivity contribution in [2.24, 2.45) is 0 Å². The van der Waals surface area contributed by atoms with Crippen LogP contribution >= 0.6 is 0 Å². The molecule has 0 amide bonds. The average molecular weight is 363 g/mol. The standard InChI is InChI=1S/C13H12N4O.C7H9NO/c1-9-8-10(14)2-3-11(9)18-13-5-4-12-15-6-7-17(12)16-13;1-5-4-6(8)2-3-7(5)9/h2-8H,14H2,1H3;2-4,9H,8H2,1H3. The molecule has 2 aromatic carbocycles. The van der Waals surface area contributed by atoms with Crippen molar-refractivity contribution in [1.82, 2.24) is 14.6 Å². The summed E-state index contributed by atoms with van der Waals surface area (Å²) in [7, 11) is 0. The number of rotatable bonds is 2. The molecule has 0 radical (unpaired) electrons. The number of aryl methyl sites for hydroxylation is 2. The predicted octanol–water partition coefficient (Wildman–Crippen LogP) is 3.70. The molecule has 27 heavy (non-hydrogen) atoms.